The lowest BCUT2D eigenvalue weighted by molar-refractivity contribution is -0.144. The second kappa shape index (κ2) is 5.12. The van der Waals surface area contributed by atoms with Crippen LogP contribution < -0.4 is 0 Å². The Morgan fingerprint density at radius 3 is 2.12 bits per heavy atom. The maximum Gasteiger partial charge on any atom is 0.306 e. The predicted octanol–water partition coefficient (Wildman–Crippen LogP) is 2.39. The first-order valence-electron chi connectivity index (χ1n) is 5.41. The van der Waals surface area contributed by atoms with Gasteiger partial charge in [-0.1, -0.05) is 43.7 Å². The van der Waals surface area contributed by atoms with E-state index in [0.29, 0.717) is 0 Å². The molecule has 0 saturated heterocycles. The van der Waals surface area contributed by atoms with Crippen LogP contribution in [-0.2, 0) is 4.79 Å². The molecule has 16 heavy (non-hydrogen) atoms. The third kappa shape index (κ3) is 2.83. The minimum absolute atomic E-state index is 0.305. The number of aliphatic hydroxyl groups excluding tert-OH is 1. The predicted molar refractivity (Wildman–Crippen MR) is 62.1 cm³/mol. The van der Waals surface area contributed by atoms with Crippen molar-refractivity contribution < 1.29 is 15.0 Å². The third-order valence-corrected chi connectivity index (χ3v) is 3.10. The Kier molecular flexibility index (Phi) is 4.07. The number of carbonyl (C=O) groups is 1. The molecule has 0 spiro atoms. The summed E-state index contributed by atoms with van der Waals surface area (Å²) in [5.74, 6) is -1.74. The molecule has 0 amide bonds. The Morgan fingerprint density at radius 1 is 1.19 bits per heavy atom. The molecule has 2 N–H and O–H groups in total. The monoisotopic (exact) mass is 222 g/mol. The fourth-order valence-electron chi connectivity index (χ4n) is 1.57. The van der Waals surface area contributed by atoms with Crippen LogP contribution in [0.5, 0.6) is 0 Å². The number of hydrogen-bond acceptors (Lipinski definition) is 2. The van der Waals surface area contributed by atoms with Crippen LogP contribution in [0, 0.1) is 18.8 Å². The highest BCUT2D eigenvalue weighted by Gasteiger charge is 2.26. The van der Waals surface area contributed by atoms with Gasteiger partial charge in [0.15, 0.2) is 0 Å². The largest absolute Gasteiger partial charge is 0.481 e. The van der Waals surface area contributed by atoms with E-state index in [1.54, 1.807) is 13.8 Å². The fraction of sp³-hybridized carbons (Fsp3) is 0.462. The van der Waals surface area contributed by atoms with Gasteiger partial charge in [-0.2, -0.15) is 0 Å². The molecule has 0 aliphatic carbocycles. The average Bonchev–Trinajstić information content (AvgIpc) is 2.27. The van der Waals surface area contributed by atoms with Gasteiger partial charge in [0.2, 0.25) is 0 Å². The van der Waals surface area contributed by atoms with Crippen LogP contribution >= 0.6 is 0 Å². The Hall–Kier alpha value is -1.35. The normalized spacial score (nSPS) is 16.5. The minimum Gasteiger partial charge on any atom is -0.481 e. The van der Waals surface area contributed by atoms with Crippen molar-refractivity contribution in [2.45, 2.75) is 26.9 Å². The van der Waals surface area contributed by atoms with Gasteiger partial charge in [-0.25, -0.2) is 0 Å². The van der Waals surface area contributed by atoms with Crippen molar-refractivity contribution in [3.63, 3.8) is 0 Å². The number of carboxylic acids is 1. The van der Waals surface area contributed by atoms with Gasteiger partial charge in [-0.05, 0) is 18.4 Å². The summed E-state index contributed by atoms with van der Waals surface area (Å²) < 4.78 is 0. The van der Waals surface area contributed by atoms with Gasteiger partial charge < -0.3 is 10.2 Å². The first kappa shape index (κ1) is 12.7. The van der Waals surface area contributed by atoms with E-state index < -0.39 is 18.0 Å². The number of benzene rings is 1. The summed E-state index contributed by atoms with van der Waals surface area (Å²) in [5, 5.41) is 18.9. The number of carboxylic acid groups (broad SMARTS) is 1. The van der Waals surface area contributed by atoms with Crippen molar-refractivity contribution >= 4 is 5.97 Å². The molecule has 0 saturated carbocycles. The Morgan fingerprint density at radius 2 is 1.69 bits per heavy atom. The summed E-state index contributed by atoms with van der Waals surface area (Å²) in [5.41, 5.74) is 1.89. The summed E-state index contributed by atoms with van der Waals surface area (Å²) in [6.07, 6.45) is -0.730. The fourth-order valence-corrected chi connectivity index (χ4v) is 1.57. The van der Waals surface area contributed by atoms with Crippen molar-refractivity contribution in [1.29, 1.82) is 0 Å². The molecule has 88 valence electrons. The van der Waals surface area contributed by atoms with Gasteiger partial charge >= 0.3 is 5.97 Å². The summed E-state index contributed by atoms with van der Waals surface area (Å²) in [6.45, 7) is 5.34. The molecule has 0 aliphatic rings. The van der Waals surface area contributed by atoms with E-state index in [0.717, 1.165) is 11.1 Å². The maximum absolute atomic E-state index is 10.8. The van der Waals surface area contributed by atoms with Crippen LogP contribution in [0.15, 0.2) is 24.3 Å². The highest BCUT2D eigenvalue weighted by atomic mass is 16.4. The van der Waals surface area contributed by atoms with Crippen molar-refractivity contribution in [2.24, 2.45) is 11.8 Å². The number of rotatable bonds is 4. The van der Waals surface area contributed by atoms with E-state index in [1.165, 1.54) is 0 Å². The van der Waals surface area contributed by atoms with Gasteiger partial charge in [0.05, 0.1) is 12.0 Å². The van der Waals surface area contributed by atoms with Gasteiger partial charge in [0.1, 0.15) is 0 Å². The number of aliphatic hydroxyl groups is 1. The lowest BCUT2D eigenvalue weighted by Crippen LogP contribution is -2.23. The number of hydrogen-bond donors (Lipinski definition) is 2. The van der Waals surface area contributed by atoms with Gasteiger partial charge in [0, 0.05) is 0 Å². The molecule has 0 radical (unpaired) electrons. The molecule has 3 atom stereocenters. The molecule has 0 aromatic heterocycles. The molecule has 1 aromatic rings. The zero-order chi connectivity index (χ0) is 12.3. The van der Waals surface area contributed by atoms with E-state index in [9.17, 15) is 9.90 Å². The van der Waals surface area contributed by atoms with Crippen molar-refractivity contribution in [3.05, 3.63) is 35.4 Å². The highest BCUT2D eigenvalue weighted by Crippen LogP contribution is 2.27. The highest BCUT2D eigenvalue weighted by molar-refractivity contribution is 5.69. The summed E-state index contributed by atoms with van der Waals surface area (Å²) in [4.78, 5) is 10.8. The second-order valence-electron chi connectivity index (χ2n) is 4.34. The Balaban J connectivity index is 2.81. The number of aryl methyl sites for hydroxylation is 1. The molecule has 0 fully saturated rings. The summed E-state index contributed by atoms with van der Waals surface area (Å²) in [7, 11) is 0. The average molecular weight is 222 g/mol. The molecule has 3 unspecified atom stereocenters. The van der Waals surface area contributed by atoms with Gasteiger partial charge in [0.25, 0.3) is 0 Å². The third-order valence-electron chi connectivity index (χ3n) is 3.10. The molecule has 3 heteroatoms. The zero-order valence-electron chi connectivity index (χ0n) is 9.84. The van der Waals surface area contributed by atoms with E-state index in [1.807, 2.05) is 31.2 Å². The summed E-state index contributed by atoms with van der Waals surface area (Å²) >= 11 is 0. The second-order valence-corrected chi connectivity index (χ2v) is 4.34. The lowest BCUT2D eigenvalue weighted by Gasteiger charge is -2.22. The maximum atomic E-state index is 10.8. The van der Waals surface area contributed by atoms with E-state index in [4.69, 9.17) is 5.11 Å². The van der Waals surface area contributed by atoms with Crippen LogP contribution in [0.2, 0.25) is 0 Å². The summed E-state index contributed by atoms with van der Waals surface area (Å²) in [6, 6.07) is 7.50. The van der Waals surface area contributed by atoms with E-state index in [-0.39, 0.29) is 5.92 Å². The minimum atomic E-state index is -0.876. The van der Waals surface area contributed by atoms with Crippen LogP contribution in [0.3, 0.4) is 0 Å². The molecular weight excluding hydrogens is 204 g/mol. The van der Waals surface area contributed by atoms with Crippen LogP contribution in [-0.4, -0.2) is 16.2 Å². The smallest absolute Gasteiger partial charge is 0.306 e. The van der Waals surface area contributed by atoms with Crippen molar-refractivity contribution in [3.8, 4) is 0 Å². The van der Waals surface area contributed by atoms with E-state index in [2.05, 4.69) is 0 Å². The molecule has 0 heterocycles. The van der Waals surface area contributed by atoms with E-state index >= 15 is 0 Å². The zero-order valence-corrected chi connectivity index (χ0v) is 9.84. The molecule has 1 aromatic carbocycles. The molecule has 1 rings (SSSR count). The molecule has 3 nitrogen and oxygen atoms in total. The van der Waals surface area contributed by atoms with Gasteiger partial charge in [-0.15, -0.1) is 0 Å². The molecular formula is C13H18O3. The molecule has 0 bridgehead atoms. The first-order chi connectivity index (χ1) is 7.43. The van der Waals surface area contributed by atoms with Crippen LogP contribution in [0.4, 0.5) is 0 Å². The van der Waals surface area contributed by atoms with Gasteiger partial charge in [-0.3, -0.25) is 4.79 Å². The van der Waals surface area contributed by atoms with Crippen molar-refractivity contribution in [1.82, 2.24) is 0 Å². The number of aliphatic carboxylic acids is 1. The standard InChI is InChI=1S/C13H18O3/c1-8-4-6-11(7-5-8)12(14)9(2)10(3)13(15)16/h4-7,9-10,12,14H,1-3H3,(H,15,16). The molecule has 0 aliphatic heterocycles. The lowest BCUT2D eigenvalue weighted by atomic mass is 9.87. The Bertz CT molecular complexity index is 356. The SMILES string of the molecule is Cc1ccc(C(O)C(C)C(C)C(=O)O)cc1. The van der Waals surface area contributed by atoms with Crippen LogP contribution in [0.25, 0.3) is 0 Å². The van der Waals surface area contributed by atoms with Crippen molar-refractivity contribution in [2.75, 3.05) is 0 Å². The first-order valence-corrected chi connectivity index (χ1v) is 5.41. The topological polar surface area (TPSA) is 57.5 Å². The Labute approximate surface area is 95.7 Å². The quantitative estimate of drug-likeness (QED) is 0.822. The van der Waals surface area contributed by atoms with Crippen LogP contribution in [0.1, 0.15) is 31.1 Å².